The highest BCUT2D eigenvalue weighted by atomic mass is 32.2. The first kappa shape index (κ1) is 16.0. The summed E-state index contributed by atoms with van der Waals surface area (Å²) in [5.41, 5.74) is -0.0402. The van der Waals surface area contributed by atoms with E-state index in [1.807, 2.05) is 0 Å². The number of rotatable bonds is 4. The van der Waals surface area contributed by atoms with Crippen LogP contribution in [0.25, 0.3) is 0 Å². The molecule has 5 heteroatoms. The van der Waals surface area contributed by atoms with Crippen molar-refractivity contribution in [2.45, 2.75) is 44.3 Å². The third-order valence-corrected chi connectivity index (χ3v) is 3.25. The summed E-state index contributed by atoms with van der Waals surface area (Å²) in [7, 11) is 0. The Morgan fingerprint density at radius 2 is 2.11 bits per heavy atom. The first-order valence-electron chi connectivity index (χ1n) is 6.01. The van der Waals surface area contributed by atoms with Crippen LogP contribution in [0, 0.1) is 5.82 Å². The third kappa shape index (κ3) is 5.61. The van der Waals surface area contributed by atoms with E-state index in [2.05, 4.69) is 0 Å². The Balaban J connectivity index is 2.70. The van der Waals surface area contributed by atoms with Gasteiger partial charge in [-0.25, -0.2) is 4.39 Å². The average Bonchev–Trinajstić information content (AvgIpc) is 2.24. The van der Waals surface area contributed by atoms with Crippen molar-refractivity contribution >= 4 is 17.7 Å². The predicted octanol–water partition coefficient (Wildman–Crippen LogP) is 3.31. The number of aliphatic hydroxyl groups is 1. The van der Waals surface area contributed by atoms with Gasteiger partial charge >= 0.3 is 5.97 Å². The van der Waals surface area contributed by atoms with E-state index < -0.39 is 17.5 Å². The van der Waals surface area contributed by atoms with Gasteiger partial charge in [0.15, 0.2) is 0 Å². The standard InChI is InChI=1S/C14H19FO3S/c1-9(16)11-7-10(15)5-6-12(11)19-8-13(17)18-14(2,3)4/h5-7,9,16H,8H2,1-4H3/t9-/m0/s1. The molecule has 1 N–H and O–H groups in total. The van der Waals surface area contributed by atoms with Gasteiger partial charge in [0.05, 0.1) is 11.9 Å². The van der Waals surface area contributed by atoms with Crippen molar-refractivity contribution in [3.05, 3.63) is 29.6 Å². The Labute approximate surface area is 117 Å². The van der Waals surface area contributed by atoms with Crippen molar-refractivity contribution in [3.8, 4) is 0 Å². The molecule has 0 aliphatic carbocycles. The zero-order chi connectivity index (χ0) is 14.6. The summed E-state index contributed by atoms with van der Waals surface area (Å²) in [5, 5.41) is 9.58. The molecule has 0 unspecified atom stereocenters. The van der Waals surface area contributed by atoms with E-state index in [9.17, 15) is 14.3 Å². The fourth-order valence-electron chi connectivity index (χ4n) is 1.48. The Morgan fingerprint density at radius 3 is 2.63 bits per heavy atom. The van der Waals surface area contributed by atoms with Crippen molar-refractivity contribution in [3.63, 3.8) is 0 Å². The Kier molecular flexibility index (Phi) is 5.38. The fourth-order valence-corrected chi connectivity index (χ4v) is 2.38. The van der Waals surface area contributed by atoms with Gasteiger partial charge in [0, 0.05) is 4.90 Å². The minimum atomic E-state index is -0.781. The van der Waals surface area contributed by atoms with Crippen LogP contribution < -0.4 is 0 Å². The molecule has 0 bridgehead atoms. The van der Waals surface area contributed by atoms with Gasteiger partial charge in [0.2, 0.25) is 0 Å². The first-order valence-corrected chi connectivity index (χ1v) is 7.00. The molecular formula is C14H19FO3S. The predicted molar refractivity (Wildman–Crippen MR) is 73.6 cm³/mol. The van der Waals surface area contributed by atoms with Gasteiger partial charge in [-0.3, -0.25) is 4.79 Å². The van der Waals surface area contributed by atoms with Crippen LogP contribution in [-0.2, 0) is 9.53 Å². The van der Waals surface area contributed by atoms with Gasteiger partial charge in [-0.15, -0.1) is 11.8 Å². The maximum atomic E-state index is 13.1. The van der Waals surface area contributed by atoms with Crippen molar-refractivity contribution in [2.24, 2.45) is 0 Å². The molecule has 1 aromatic carbocycles. The lowest BCUT2D eigenvalue weighted by molar-refractivity contribution is -0.151. The van der Waals surface area contributed by atoms with E-state index in [1.54, 1.807) is 33.8 Å². The summed E-state index contributed by atoms with van der Waals surface area (Å²) in [6.45, 7) is 6.96. The topological polar surface area (TPSA) is 46.5 Å². The summed E-state index contributed by atoms with van der Waals surface area (Å²) >= 11 is 1.23. The number of benzene rings is 1. The van der Waals surface area contributed by atoms with Crippen LogP contribution in [-0.4, -0.2) is 22.4 Å². The van der Waals surface area contributed by atoms with Crippen molar-refractivity contribution in [1.82, 2.24) is 0 Å². The number of aliphatic hydroxyl groups excluding tert-OH is 1. The largest absolute Gasteiger partial charge is 0.459 e. The third-order valence-electron chi connectivity index (χ3n) is 2.19. The smallest absolute Gasteiger partial charge is 0.316 e. The number of halogens is 1. The van der Waals surface area contributed by atoms with Crippen LogP contribution in [0.3, 0.4) is 0 Å². The summed E-state index contributed by atoms with van der Waals surface area (Å²) in [6.07, 6.45) is -0.781. The molecule has 1 atom stereocenters. The Morgan fingerprint density at radius 1 is 1.47 bits per heavy atom. The number of esters is 1. The SMILES string of the molecule is C[C@H](O)c1cc(F)ccc1SCC(=O)OC(C)(C)C. The zero-order valence-corrected chi connectivity index (χ0v) is 12.4. The zero-order valence-electron chi connectivity index (χ0n) is 11.6. The maximum Gasteiger partial charge on any atom is 0.316 e. The number of hydrogen-bond acceptors (Lipinski definition) is 4. The molecule has 0 heterocycles. The lowest BCUT2D eigenvalue weighted by atomic mass is 10.1. The minimum absolute atomic E-state index is 0.128. The quantitative estimate of drug-likeness (QED) is 0.681. The van der Waals surface area contributed by atoms with E-state index in [0.717, 1.165) is 0 Å². The molecule has 0 fully saturated rings. The van der Waals surface area contributed by atoms with E-state index in [0.29, 0.717) is 10.5 Å². The number of carbonyl (C=O) groups excluding carboxylic acids is 1. The van der Waals surface area contributed by atoms with E-state index >= 15 is 0 Å². The number of carbonyl (C=O) groups is 1. The molecule has 1 rings (SSSR count). The molecule has 1 aromatic rings. The summed E-state index contributed by atoms with van der Waals surface area (Å²) in [6, 6.07) is 4.15. The molecule has 19 heavy (non-hydrogen) atoms. The highest BCUT2D eigenvalue weighted by Gasteiger charge is 2.17. The molecule has 0 amide bonds. The molecule has 0 aromatic heterocycles. The second kappa shape index (κ2) is 6.39. The van der Waals surface area contributed by atoms with Crippen LogP contribution in [0.4, 0.5) is 4.39 Å². The molecule has 106 valence electrons. The summed E-state index contributed by atoms with van der Waals surface area (Å²) < 4.78 is 18.3. The van der Waals surface area contributed by atoms with E-state index in [-0.39, 0.29) is 11.7 Å². The monoisotopic (exact) mass is 286 g/mol. The van der Waals surface area contributed by atoms with Crippen molar-refractivity contribution in [1.29, 1.82) is 0 Å². The fraction of sp³-hybridized carbons (Fsp3) is 0.500. The van der Waals surface area contributed by atoms with Crippen LogP contribution in [0.5, 0.6) is 0 Å². The lowest BCUT2D eigenvalue weighted by Gasteiger charge is -2.19. The molecule has 0 spiro atoms. The summed E-state index contributed by atoms with van der Waals surface area (Å²) in [4.78, 5) is 12.3. The molecule has 0 aliphatic rings. The highest BCUT2D eigenvalue weighted by molar-refractivity contribution is 8.00. The summed E-state index contributed by atoms with van der Waals surface area (Å²) in [5.74, 6) is -0.612. The Hall–Kier alpha value is -1.07. The van der Waals surface area contributed by atoms with Crippen LogP contribution in [0.1, 0.15) is 39.4 Å². The molecule has 0 saturated carbocycles. The molecule has 0 radical (unpaired) electrons. The second-order valence-electron chi connectivity index (χ2n) is 5.23. The molecular weight excluding hydrogens is 267 g/mol. The van der Waals surface area contributed by atoms with E-state index in [4.69, 9.17) is 4.74 Å². The van der Waals surface area contributed by atoms with Crippen molar-refractivity contribution < 1.29 is 19.0 Å². The van der Waals surface area contributed by atoms with Crippen LogP contribution in [0.2, 0.25) is 0 Å². The highest BCUT2D eigenvalue weighted by Crippen LogP contribution is 2.28. The average molecular weight is 286 g/mol. The lowest BCUT2D eigenvalue weighted by Crippen LogP contribution is -2.24. The van der Waals surface area contributed by atoms with Gasteiger partial charge in [-0.2, -0.15) is 0 Å². The first-order chi connectivity index (χ1) is 8.69. The minimum Gasteiger partial charge on any atom is -0.459 e. The van der Waals surface area contributed by atoms with Gasteiger partial charge in [-0.1, -0.05) is 0 Å². The molecule has 0 aliphatic heterocycles. The van der Waals surface area contributed by atoms with Gasteiger partial charge < -0.3 is 9.84 Å². The van der Waals surface area contributed by atoms with Crippen molar-refractivity contribution in [2.75, 3.05) is 5.75 Å². The van der Waals surface area contributed by atoms with Gasteiger partial charge in [0.1, 0.15) is 11.4 Å². The molecule has 0 saturated heterocycles. The normalized spacial score (nSPS) is 13.2. The Bertz CT molecular complexity index is 452. The number of ether oxygens (including phenoxy) is 1. The van der Waals surface area contributed by atoms with Gasteiger partial charge in [-0.05, 0) is 51.5 Å². The van der Waals surface area contributed by atoms with E-state index in [1.165, 1.54) is 23.9 Å². The van der Waals surface area contributed by atoms with Crippen LogP contribution in [0.15, 0.2) is 23.1 Å². The maximum absolute atomic E-state index is 13.1. The molecule has 3 nitrogen and oxygen atoms in total. The number of thioether (sulfide) groups is 1. The second-order valence-corrected chi connectivity index (χ2v) is 6.25. The number of hydrogen-bond donors (Lipinski definition) is 1. The van der Waals surface area contributed by atoms with Gasteiger partial charge in [0.25, 0.3) is 0 Å². The van der Waals surface area contributed by atoms with Crippen LogP contribution >= 0.6 is 11.8 Å².